The number of likely N-dealkylation sites (tertiary alicyclic amines) is 1. The lowest BCUT2D eigenvalue weighted by Crippen LogP contribution is -2.33. The van der Waals surface area contributed by atoms with Crippen molar-refractivity contribution in [3.8, 4) is 0 Å². The second-order valence-corrected chi connectivity index (χ2v) is 8.26. The first-order chi connectivity index (χ1) is 13.6. The van der Waals surface area contributed by atoms with Gasteiger partial charge in [-0.15, -0.1) is 0 Å². The lowest BCUT2D eigenvalue weighted by Gasteiger charge is -2.22. The fourth-order valence-corrected chi connectivity index (χ4v) is 4.80. The number of hydrogen-bond donors (Lipinski definition) is 0. The first-order valence-electron chi connectivity index (χ1n) is 9.87. The molecule has 1 saturated carbocycles. The van der Waals surface area contributed by atoms with Crippen LogP contribution in [0.2, 0.25) is 0 Å². The third kappa shape index (κ3) is 3.07. The van der Waals surface area contributed by atoms with Gasteiger partial charge in [-0.2, -0.15) is 5.10 Å². The Morgan fingerprint density at radius 1 is 1.21 bits per heavy atom. The molecule has 144 valence electrons. The highest BCUT2D eigenvalue weighted by atomic mass is 16.2. The minimum absolute atomic E-state index is 0.193. The molecule has 1 aliphatic carbocycles. The number of para-hydroxylation sites is 1. The smallest absolute Gasteiger partial charge is 0.226 e. The molecule has 6 heteroatoms. The van der Waals surface area contributed by atoms with Crippen molar-refractivity contribution in [2.45, 2.75) is 13.1 Å². The topological polar surface area (TPSA) is 54.3 Å². The van der Waals surface area contributed by atoms with Crippen molar-refractivity contribution in [2.75, 3.05) is 20.1 Å². The van der Waals surface area contributed by atoms with E-state index in [4.69, 9.17) is 0 Å². The summed E-state index contributed by atoms with van der Waals surface area (Å²) in [6, 6.07) is 10.2. The van der Waals surface area contributed by atoms with Gasteiger partial charge in [-0.05, 0) is 23.5 Å². The van der Waals surface area contributed by atoms with Crippen LogP contribution in [-0.4, -0.2) is 50.6 Å². The molecule has 3 heterocycles. The standard InChI is InChI=1S/C22H25N5O/c1-25(12-17-6-3-5-16-7-4-8-23-21(16)17)22(28)20-18-13-27(14-19(18)20)11-15-9-24-26(2)10-15/h3-10,18-20H,11-14H2,1-2H3/t18-,19+,20?. The average Bonchev–Trinajstić information content (AvgIpc) is 3.00. The van der Waals surface area contributed by atoms with Crippen molar-refractivity contribution in [2.24, 2.45) is 24.8 Å². The maximum absolute atomic E-state index is 13.0. The Labute approximate surface area is 164 Å². The number of piperidine rings is 1. The van der Waals surface area contributed by atoms with Gasteiger partial charge in [-0.3, -0.25) is 19.4 Å². The summed E-state index contributed by atoms with van der Waals surface area (Å²) in [6.45, 7) is 3.57. The van der Waals surface area contributed by atoms with E-state index in [9.17, 15) is 4.79 Å². The molecule has 1 aliphatic heterocycles. The molecule has 2 aromatic heterocycles. The molecule has 5 rings (SSSR count). The lowest BCUT2D eigenvalue weighted by molar-refractivity contribution is -0.132. The minimum Gasteiger partial charge on any atom is -0.341 e. The van der Waals surface area contributed by atoms with E-state index in [1.54, 1.807) is 0 Å². The maximum Gasteiger partial charge on any atom is 0.226 e. The summed E-state index contributed by atoms with van der Waals surface area (Å²) in [5, 5.41) is 5.36. The largest absolute Gasteiger partial charge is 0.341 e. The van der Waals surface area contributed by atoms with Gasteiger partial charge in [-0.1, -0.05) is 24.3 Å². The highest BCUT2D eigenvalue weighted by Crippen LogP contribution is 2.52. The van der Waals surface area contributed by atoms with E-state index in [0.29, 0.717) is 18.4 Å². The Kier molecular flexibility index (Phi) is 4.16. The molecule has 6 nitrogen and oxygen atoms in total. The average molecular weight is 375 g/mol. The number of rotatable bonds is 5. The molecule has 1 amide bonds. The summed E-state index contributed by atoms with van der Waals surface area (Å²) < 4.78 is 1.84. The second-order valence-electron chi connectivity index (χ2n) is 8.26. The van der Waals surface area contributed by atoms with E-state index in [1.807, 2.05) is 48.2 Å². The van der Waals surface area contributed by atoms with Gasteiger partial charge < -0.3 is 4.90 Å². The van der Waals surface area contributed by atoms with Crippen molar-refractivity contribution in [1.82, 2.24) is 24.6 Å². The zero-order valence-electron chi connectivity index (χ0n) is 16.3. The highest BCUT2D eigenvalue weighted by Gasteiger charge is 2.59. The van der Waals surface area contributed by atoms with Gasteiger partial charge in [0.15, 0.2) is 0 Å². The van der Waals surface area contributed by atoms with Gasteiger partial charge in [0.2, 0.25) is 5.91 Å². The summed E-state index contributed by atoms with van der Waals surface area (Å²) in [5.74, 6) is 1.50. The SMILES string of the molecule is CN(Cc1cccc2cccnc12)C(=O)C1[C@H]2CN(Cc3cnn(C)c3)C[C@@H]12. The molecule has 28 heavy (non-hydrogen) atoms. The van der Waals surface area contributed by atoms with Gasteiger partial charge in [0.25, 0.3) is 0 Å². The highest BCUT2D eigenvalue weighted by molar-refractivity contribution is 5.84. The van der Waals surface area contributed by atoms with Crippen molar-refractivity contribution in [1.29, 1.82) is 0 Å². The van der Waals surface area contributed by atoms with Crippen molar-refractivity contribution >= 4 is 16.8 Å². The summed E-state index contributed by atoms with van der Waals surface area (Å²) in [5.41, 5.74) is 3.34. The van der Waals surface area contributed by atoms with Crippen LogP contribution in [0.25, 0.3) is 10.9 Å². The molecule has 2 aliphatic rings. The van der Waals surface area contributed by atoms with Crippen molar-refractivity contribution < 1.29 is 4.79 Å². The van der Waals surface area contributed by atoms with E-state index in [-0.39, 0.29) is 11.8 Å². The number of nitrogens with zero attached hydrogens (tertiary/aromatic N) is 5. The molecule has 1 saturated heterocycles. The Hall–Kier alpha value is -2.73. The summed E-state index contributed by atoms with van der Waals surface area (Å²) in [6.07, 6.45) is 5.81. The molecule has 3 atom stereocenters. The van der Waals surface area contributed by atoms with E-state index >= 15 is 0 Å². The van der Waals surface area contributed by atoms with Crippen LogP contribution >= 0.6 is 0 Å². The number of aromatic nitrogens is 3. The molecule has 0 bridgehead atoms. The Morgan fingerprint density at radius 3 is 2.75 bits per heavy atom. The summed E-state index contributed by atoms with van der Waals surface area (Å²) in [4.78, 5) is 21.8. The van der Waals surface area contributed by atoms with Crippen LogP contribution in [0, 0.1) is 17.8 Å². The predicted octanol–water partition coefficient (Wildman–Crippen LogP) is 2.30. The van der Waals surface area contributed by atoms with E-state index in [0.717, 1.165) is 36.1 Å². The number of hydrogen-bond acceptors (Lipinski definition) is 4. The number of pyridine rings is 1. The molecule has 1 unspecified atom stereocenters. The predicted molar refractivity (Wildman–Crippen MR) is 107 cm³/mol. The number of benzene rings is 1. The van der Waals surface area contributed by atoms with Crippen LogP contribution in [0.3, 0.4) is 0 Å². The Bertz CT molecular complexity index is 1010. The molecule has 1 aromatic carbocycles. The third-order valence-corrected chi connectivity index (χ3v) is 6.22. The van der Waals surface area contributed by atoms with Crippen LogP contribution in [0.4, 0.5) is 0 Å². The van der Waals surface area contributed by atoms with Gasteiger partial charge in [0, 0.05) is 69.5 Å². The fourth-order valence-electron chi connectivity index (χ4n) is 4.80. The third-order valence-electron chi connectivity index (χ3n) is 6.22. The Morgan fingerprint density at radius 2 is 2.00 bits per heavy atom. The molecular formula is C22H25N5O. The maximum atomic E-state index is 13.0. The van der Waals surface area contributed by atoms with Gasteiger partial charge in [-0.25, -0.2) is 0 Å². The minimum atomic E-state index is 0.193. The molecule has 0 radical (unpaired) electrons. The number of carbonyl (C=O) groups excluding carboxylic acids is 1. The molecular weight excluding hydrogens is 350 g/mol. The van der Waals surface area contributed by atoms with Crippen molar-refractivity contribution in [3.05, 3.63) is 60.0 Å². The number of amides is 1. The van der Waals surface area contributed by atoms with Gasteiger partial charge >= 0.3 is 0 Å². The number of aryl methyl sites for hydroxylation is 1. The first kappa shape index (κ1) is 17.4. The molecule has 0 N–H and O–H groups in total. The summed E-state index contributed by atoms with van der Waals surface area (Å²) >= 11 is 0. The fraction of sp³-hybridized carbons (Fsp3) is 0.409. The Balaban J connectivity index is 1.20. The first-order valence-corrected chi connectivity index (χ1v) is 9.87. The molecule has 3 aromatic rings. The number of carbonyl (C=O) groups is 1. The van der Waals surface area contributed by atoms with E-state index in [2.05, 4.69) is 39.4 Å². The zero-order valence-corrected chi connectivity index (χ0v) is 16.3. The normalized spacial score (nSPS) is 23.7. The van der Waals surface area contributed by atoms with E-state index < -0.39 is 0 Å². The van der Waals surface area contributed by atoms with Crippen LogP contribution in [0.5, 0.6) is 0 Å². The van der Waals surface area contributed by atoms with Crippen molar-refractivity contribution in [3.63, 3.8) is 0 Å². The van der Waals surface area contributed by atoms with Crippen LogP contribution in [0.15, 0.2) is 48.9 Å². The summed E-state index contributed by atoms with van der Waals surface area (Å²) in [7, 11) is 3.87. The van der Waals surface area contributed by atoms with Crippen LogP contribution in [-0.2, 0) is 24.9 Å². The van der Waals surface area contributed by atoms with Gasteiger partial charge in [0.1, 0.15) is 0 Å². The second kappa shape index (κ2) is 6.71. The molecule has 0 spiro atoms. The monoisotopic (exact) mass is 375 g/mol. The zero-order chi connectivity index (χ0) is 19.3. The lowest BCUT2D eigenvalue weighted by atomic mass is 10.1. The van der Waals surface area contributed by atoms with Gasteiger partial charge in [0.05, 0.1) is 11.7 Å². The quantitative estimate of drug-likeness (QED) is 0.687. The van der Waals surface area contributed by atoms with Crippen LogP contribution in [0.1, 0.15) is 11.1 Å². The van der Waals surface area contributed by atoms with Crippen LogP contribution < -0.4 is 0 Å². The molecule has 2 fully saturated rings. The van der Waals surface area contributed by atoms with E-state index in [1.165, 1.54) is 5.56 Å². The number of fused-ring (bicyclic) bond motifs is 2.